The first-order chi connectivity index (χ1) is 15.9. The Labute approximate surface area is 198 Å². The van der Waals surface area contributed by atoms with Gasteiger partial charge in [-0.3, -0.25) is 20.4 Å². The first kappa shape index (κ1) is 26.0. The van der Waals surface area contributed by atoms with E-state index in [1.54, 1.807) is 6.07 Å². The molecule has 0 unspecified atom stereocenters. The van der Waals surface area contributed by atoms with Crippen molar-refractivity contribution in [2.24, 2.45) is 0 Å². The van der Waals surface area contributed by atoms with Gasteiger partial charge in [0, 0.05) is 23.9 Å². The van der Waals surface area contributed by atoms with Gasteiger partial charge in [-0.15, -0.1) is 0 Å². The van der Waals surface area contributed by atoms with Crippen molar-refractivity contribution in [2.75, 3.05) is 38.6 Å². The number of anilines is 1. The molecule has 8 nitrogen and oxygen atoms in total. The van der Waals surface area contributed by atoms with Crippen LogP contribution in [0.15, 0.2) is 42.5 Å². The number of thiocarbonyl (C=S) groups is 1. The lowest BCUT2D eigenvalue weighted by molar-refractivity contribution is 0.0940. The molecule has 0 atom stereocenters. The van der Waals surface area contributed by atoms with Crippen LogP contribution in [0.4, 0.5) is 10.1 Å². The molecule has 4 N–H and O–H groups in total. The average molecular weight is 476 g/mol. The van der Waals surface area contributed by atoms with Crippen LogP contribution in [0.1, 0.15) is 41.0 Å². The molecule has 0 aromatic heterocycles. The molecule has 2 aromatic rings. The van der Waals surface area contributed by atoms with Gasteiger partial charge in [0.25, 0.3) is 11.8 Å². The number of benzene rings is 2. The third-order valence-corrected chi connectivity index (χ3v) is 5.18. The van der Waals surface area contributed by atoms with E-state index in [0.717, 1.165) is 26.1 Å². The highest BCUT2D eigenvalue weighted by Crippen LogP contribution is 2.23. The molecule has 0 saturated heterocycles. The summed E-state index contributed by atoms with van der Waals surface area (Å²) in [6.07, 6.45) is 0.927. The second-order valence-corrected chi connectivity index (χ2v) is 7.50. The average Bonchev–Trinajstić information content (AvgIpc) is 2.82. The standard InChI is InChI=1S/C23H30FN5O3S/c1-4-29(5-2)14-6-13-25-23(33)28-27-22(31)19-12-11-18(15-20(19)32-3)26-21(30)16-7-9-17(24)10-8-16/h7-12,15H,4-6,13-14H2,1-3H3,(H,26,30)(H,27,31)(H2,25,28,33). The van der Waals surface area contributed by atoms with Crippen molar-refractivity contribution in [1.29, 1.82) is 0 Å². The number of methoxy groups -OCH3 is 1. The van der Waals surface area contributed by atoms with Gasteiger partial charge in [-0.1, -0.05) is 13.8 Å². The molecule has 0 aliphatic carbocycles. The summed E-state index contributed by atoms with van der Waals surface area (Å²) in [7, 11) is 1.42. The van der Waals surface area contributed by atoms with Gasteiger partial charge in [0.15, 0.2) is 5.11 Å². The lowest BCUT2D eigenvalue weighted by atomic mass is 10.1. The van der Waals surface area contributed by atoms with E-state index in [9.17, 15) is 14.0 Å². The minimum absolute atomic E-state index is 0.258. The van der Waals surface area contributed by atoms with Crippen molar-refractivity contribution >= 4 is 34.8 Å². The Morgan fingerprint density at radius 2 is 1.73 bits per heavy atom. The van der Waals surface area contributed by atoms with Crippen molar-refractivity contribution in [3.05, 3.63) is 59.4 Å². The summed E-state index contributed by atoms with van der Waals surface area (Å²) >= 11 is 5.19. The molecule has 2 amide bonds. The quantitative estimate of drug-likeness (QED) is 0.238. The number of hydrazine groups is 1. The maximum Gasteiger partial charge on any atom is 0.273 e. The van der Waals surface area contributed by atoms with Crippen LogP contribution in [-0.4, -0.2) is 55.1 Å². The maximum atomic E-state index is 13.0. The first-order valence-corrected chi connectivity index (χ1v) is 11.1. The molecule has 0 bridgehead atoms. The van der Waals surface area contributed by atoms with E-state index >= 15 is 0 Å². The fourth-order valence-electron chi connectivity index (χ4n) is 3.03. The lowest BCUT2D eigenvalue weighted by Crippen LogP contribution is -2.47. The van der Waals surface area contributed by atoms with E-state index in [0.29, 0.717) is 22.9 Å². The molecule has 0 radical (unpaired) electrons. The highest BCUT2D eigenvalue weighted by Gasteiger charge is 2.15. The van der Waals surface area contributed by atoms with E-state index in [-0.39, 0.29) is 11.3 Å². The fourth-order valence-corrected chi connectivity index (χ4v) is 3.18. The van der Waals surface area contributed by atoms with Gasteiger partial charge in [0.05, 0.1) is 12.7 Å². The summed E-state index contributed by atoms with van der Waals surface area (Å²) in [5.74, 6) is -1.01. The summed E-state index contributed by atoms with van der Waals surface area (Å²) in [5.41, 5.74) is 6.19. The third kappa shape index (κ3) is 8.32. The Hall–Kier alpha value is -3.24. The van der Waals surface area contributed by atoms with E-state index in [1.807, 2.05) is 0 Å². The number of nitrogens with one attached hydrogen (secondary N) is 4. The van der Waals surface area contributed by atoms with Crippen LogP contribution in [0.3, 0.4) is 0 Å². The van der Waals surface area contributed by atoms with Gasteiger partial charge in [-0.25, -0.2) is 4.39 Å². The molecular formula is C23H30FN5O3S. The Balaban J connectivity index is 1.87. The number of carbonyl (C=O) groups is 2. The van der Waals surface area contributed by atoms with Gasteiger partial charge in [-0.2, -0.15) is 0 Å². The van der Waals surface area contributed by atoms with Crippen LogP contribution in [0.25, 0.3) is 0 Å². The van der Waals surface area contributed by atoms with Gasteiger partial charge in [0.2, 0.25) is 0 Å². The first-order valence-electron chi connectivity index (χ1n) is 10.7. The maximum absolute atomic E-state index is 13.0. The van der Waals surface area contributed by atoms with Crippen LogP contribution in [0, 0.1) is 5.82 Å². The number of hydrogen-bond acceptors (Lipinski definition) is 5. The Morgan fingerprint density at radius 1 is 1.03 bits per heavy atom. The zero-order chi connectivity index (χ0) is 24.2. The van der Waals surface area contributed by atoms with Crippen molar-refractivity contribution in [3.8, 4) is 5.75 Å². The number of hydrogen-bond donors (Lipinski definition) is 4. The monoisotopic (exact) mass is 475 g/mol. The second-order valence-electron chi connectivity index (χ2n) is 7.09. The van der Waals surface area contributed by atoms with E-state index in [2.05, 4.69) is 40.2 Å². The topological polar surface area (TPSA) is 94.7 Å². The molecule has 33 heavy (non-hydrogen) atoms. The molecule has 2 aromatic carbocycles. The van der Waals surface area contributed by atoms with E-state index in [1.165, 1.54) is 43.5 Å². The molecule has 0 aliphatic heterocycles. The minimum Gasteiger partial charge on any atom is -0.496 e. The summed E-state index contributed by atoms with van der Waals surface area (Å²) in [4.78, 5) is 27.2. The third-order valence-electron chi connectivity index (χ3n) is 4.93. The number of carbonyl (C=O) groups excluding carboxylic acids is 2. The fraction of sp³-hybridized carbons (Fsp3) is 0.348. The second kappa shape index (κ2) is 13.3. The molecule has 0 aliphatic rings. The van der Waals surface area contributed by atoms with Crippen molar-refractivity contribution in [3.63, 3.8) is 0 Å². The SMILES string of the molecule is CCN(CC)CCCNC(=S)NNC(=O)c1ccc(NC(=O)c2ccc(F)cc2)cc1OC. The molecule has 178 valence electrons. The molecule has 0 spiro atoms. The molecule has 10 heteroatoms. The highest BCUT2D eigenvalue weighted by molar-refractivity contribution is 7.80. The van der Waals surface area contributed by atoms with Crippen molar-refractivity contribution in [1.82, 2.24) is 21.1 Å². The Bertz CT molecular complexity index is 952. The Kier molecular flexibility index (Phi) is 10.5. The van der Waals surface area contributed by atoms with E-state index in [4.69, 9.17) is 17.0 Å². The van der Waals surface area contributed by atoms with Gasteiger partial charge < -0.3 is 20.3 Å². The summed E-state index contributed by atoms with van der Waals surface area (Å²) in [6.45, 7) is 7.91. The molecule has 0 heterocycles. The molecule has 2 rings (SSSR count). The van der Waals surface area contributed by atoms with Crippen LogP contribution in [0.2, 0.25) is 0 Å². The molecule has 0 fully saturated rings. The van der Waals surface area contributed by atoms with E-state index < -0.39 is 17.6 Å². The smallest absolute Gasteiger partial charge is 0.273 e. The summed E-state index contributed by atoms with van der Waals surface area (Å²) in [5, 5.41) is 6.05. The van der Waals surface area contributed by atoms with Gasteiger partial charge in [-0.05, 0) is 74.7 Å². The zero-order valence-corrected chi connectivity index (χ0v) is 19.9. The minimum atomic E-state index is -0.449. The number of rotatable bonds is 10. The molecule has 0 saturated carbocycles. The summed E-state index contributed by atoms with van der Waals surface area (Å²) in [6, 6.07) is 9.81. The van der Waals surface area contributed by atoms with Crippen LogP contribution in [-0.2, 0) is 0 Å². The molecular weight excluding hydrogens is 445 g/mol. The highest BCUT2D eigenvalue weighted by atomic mass is 32.1. The Morgan fingerprint density at radius 3 is 2.36 bits per heavy atom. The van der Waals surface area contributed by atoms with Crippen molar-refractivity contribution < 1.29 is 18.7 Å². The van der Waals surface area contributed by atoms with Gasteiger partial charge in [0.1, 0.15) is 11.6 Å². The predicted octanol–water partition coefficient (Wildman–Crippen LogP) is 2.93. The normalized spacial score (nSPS) is 10.5. The number of halogens is 1. The van der Waals surface area contributed by atoms with Crippen LogP contribution >= 0.6 is 12.2 Å². The van der Waals surface area contributed by atoms with Crippen LogP contribution < -0.4 is 26.2 Å². The summed E-state index contributed by atoms with van der Waals surface area (Å²) < 4.78 is 18.3. The van der Waals surface area contributed by atoms with Crippen molar-refractivity contribution in [2.45, 2.75) is 20.3 Å². The predicted molar refractivity (Wildman–Crippen MR) is 131 cm³/mol. The van der Waals surface area contributed by atoms with Crippen LogP contribution in [0.5, 0.6) is 5.75 Å². The van der Waals surface area contributed by atoms with Gasteiger partial charge >= 0.3 is 0 Å². The number of amides is 2. The number of nitrogens with zero attached hydrogens (tertiary/aromatic N) is 1. The lowest BCUT2D eigenvalue weighted by Gasteiger charge is -2.18. The largest absolute Gasteiger partial charge is 0.496 e. The zero-order valence-electron chi connectivity index (χ0n) is 19.0. The number of ether oxygens (including phenoxy) is 1.